The standard InChI is InChI=1S/C16H23NO/c1-3-5-12(2)10-16(18)15-7-4-6-13-11-17-9-8-14(13)15/h4,6-7,12,17H,3,5,8-11H2,1-2H3. The molecule has 2 rings (SSSR count). The Labute approximate surface area is 110 Å². The van der Waals surface area contributed by atoms with E-state index < -0.39 is 0 Å². The molecule has 1 aromatic carbocycles. The molecule has 0 aliphatic carbocycles. The third kappa shape index (κ3) is 2.99. The van der Waals surface area contributed by atoms with Gasteiger partial charge in [-0.25, -0.2) is 0 Å². The van der Waals surface area contributed by atoms with Crippen LogP contribution >= 0.6 is 0 Å². The molecule has 98 valence electrons. The largest absolute Gasteiger partial charge is 0.312 e. The summed E-state index contributed by atoms with van der Waals surface area (Å²) in [4.78, 5) is 12.4. The maximum Gasteiger partial charge on any atom is 0.163 e. The smallest absolute Gasteiger partial charge is 0.163 e. The number of carbonyl (C=O) groups excluding carboxylic acids is 1. The van der Waals surface area contributed by atoms with Crippen LogP contribution in [0.4, 0.5) is 0 Å². The molecule has 0 spiro atoms. The Morgan fingerprint density at radius 1 is 1.44 bits per heavy atom. The maximum atomic E-state index is 12.4. The van der Waals surface area contributed by atoms with Crippen molar-refractivity contribution in [3.63, 3.8) is 0 Å². The van der Waals surface area contributed by atoms with Crippen molar-refractivity contribution >= 4 is 5.78 Å². The fourth-order valence-electron chi connectivity index (χ4n) is 2.81. The van der Waals surface area contributed by atoms with Gasteiger partial charge in [0.15, 0.2) is 5.78 Å². The average Bonchev–Trinajstić information content (AvgIpc) is 2.38. The molecule has 1 N–H and O–H groups in total. The minimum Gasteiger partial charge on any atom is -0.312 e. The van der Waals surface area contributed by atoms with E-state index in [1.165, 1.54) is 11.1 Å². The number of fused-ring (bicyclic) bond motifs is 1. The van der Waals surface area contributed by atoms with Gasteiger partial charge >= 0.3 is 0 Å². The second-order valence-corrected chi connectivity index (χ2v) is 5.39. The predicted molar refractivity (Wildman–Crippen MR) is 74.9 cm³/mol. The van der Waals surface area contributed by atoms with Crippen molar-refractivity contribution in [1.82, 2.24) is 5.32 Å². The molecule has 1 aliphatic heterocycles. The van der Waals surface area contributed by atoms with Crippen LogP contribution in [-0.4, -0.2) is 12.3 Å². The summed E-state index contributed by atoms with van der Waals surface area (Å²) in [6.45, 7) is 6.25. The van der Waals surface area contributed by atoms with E-state index in [4.69, 9.17) is 0 Å². The average molecular weight is 245 g/mol. The van der Waals surface area contributed by atoms with Gasteiger partial charge in [-0.1, -0.05) is 44.9 Å². The molecule has 1 atom stereocenters. The third-order valence-electron chi connectivity index (χ3n) is 3.76. The molecule has 1 unspecified atom stereocenters. The number of ketones is 1. The fourth-order valence-corrected chi connectivity index (χ4v) is 2.81. The molecule has 0 fully saturated rings. The first-order valence-electron chi connectivity index (χ1n) is 7.07. The second-order valence-electron chi connectivity index (χ2n) is 5.39. The monoisotopic (exact) mass is 245 g/mol. The minimum atomic E-state index is 0.328. The first kappa shape index (κ1) is 13.3. The summed E-state index contributed by atoms with van der Waals surface area (Å²) >= 11 is 0. The molecule has 0 saturated heterocycles. The fraction of sp³-hybridized carbons (Fsp3) is 0.562. The second kappa shape index (κ2) is 6.14. The zero-order valence-electron chi connectivity index (χ0n) is 11.5. The molecule has 1 heterocycles. The molecular weight excluding hydrogens is 222 g/mol. The molecule has 2 nitrogen and oxygen atoms in total. The SMILES string of the molecule is CCCC(C)CC(=O)c1cccc2c1CCNC2. The van der Waals surface area contributed by atoms with Crippen LogP contribution in [0.25, 0.3) is 0 Å². The molecule has 0 saturated carbocycles. The minimum absolute atomic E-state index is 0.328. The van der Waals surface area contributed by atoms with Gasteiger partial charge < -0.3 is 5.32 Å². The maximum absolute atomic E-state index is 12.4. The van der Waals surface area contributed by atoms with Crippen LogP contribution < -0.4 is 5.32 Å². The van der Waals surface area contributed by atoms with Crippen molar-refractivity contribution in [2.75, 3.05) is 6.54 Å². The molecule has 1 aromatic rings. The van der Waals surface area contributed by atoms with Crippen molar-refractivity contribution in [3.8, 4) is 0 Å². The van der Waals surface area contributed by atoms with E-state index in [0.29, 0.717) is 18.1 Å². The number of hydrogen-bond acceptors (Lipinski definition) is 2. The summed E-state index contributed by atoms with van der Waals surface area (Å²) in [6.07, 6.45) is 3.98. The topological polar surface area (TPSA) is 29.1 Å². The van der Waals surface area contributed by atoms with Gasteiger partial charge in [-0.05, 0) is 30.0 Å². The van der Waals surface area contributed by atoms with Crippen LogP contribution in [0.2, 0.25) is 0 Å². The van der Waals surface area contributed by atoms with Crippen LogP contribution in [0.1, 0.15) is 54.6 Å². The summed E-state index contributed by atoms with van der Waals surface area (Å²) in [7, 11) is 0. The van der Waals surface area contributed by atoms with E-state index >= 15 is 0 Å². The zero-order valence-corrected chi connectivity index (χ0v) is 11.5. The Bertz CT molecular complexity index is 425. The van der Waals surface area contributed by atoms with Gasteiger partial charge in [0.1, 0.15) is 0 Å². The van der Waals surface area contributed by atoms with Crippen LogP contribution in [0.3, 0.4) is 0 Å². The Hall–Kier alpha value is -1.15. The normalized spacial score (nSPS) is 16.1. The van der Waals surface area contributed by atoms with E-state index in [2.05, 4.69) is 25.2 Å². The lowest BCUT2D eigenvalue weighted by Crippen LogP contribution is -2.25. The lowest BCUT2D eigenvalue weighted by molar-refractivity contribution is 0.0961. The van der Waals surface area contributed by atoms with Gasteiger partial charge in [0.05, 0.1) is 0 Å². The number of benzene rings is 1. The van der Waals surface area contributed by atoms with E-state index in [0.717, 1.165) is 37.9 Å². The number of carbonyl (C=O) groups is 1. The molecule has 1 aliphatic rings. The first-order valence-corrected chi connectivity index (χ1v) is 7.07. The molecule has 2 heteroatoms. The van der Waals surface area contributed by atoms with Gasteiger partial charge in [-0.15, -0.1) is 0 Å². The van der Waals surface area contributed by atoms with Crippen molar-refractivity contribution in [3.05, 3.63) is 34.9 Å². The van der Waals surface area contributed by atoms with Crippen molar-refractivity contribution in [2.45, 2.75) is 46.1 Å². The predicted octanol–water partition coefficient (Wildman–Crippen LogP) is 3.34. The molecule has 0 amide bonds. The van der Waals surface area contributed by atoms with Crippen LogP contribution in [0.15, 0.2) is 18.2 Å². The van der Waals surface area contributed by atoms with Gasteiger partial charge in [-0.2, -0.15) is 0 Å². The van der Waals surface area contributed by atoms with Crippen molar-refractivity contribution < 1.29 is 4.79 Å². The molecule has 0 aromatic heterocycles. The van der Waals surface area contributed by atoms with E-state index in [1.807, 2.05) is 12.1 Å². The first-order chi connectivity index (χ1) is 8.72. The summed E-state index contributed by atoms with van der Waals surface area (Å²) in [6, 6.07) is 6.16. The Kier molecular flexibility index (Phi) is 4.54. The van der Waals surface area contributed by atoms with Crippen LogP contribution in [0.5, 0.6) is 0 Å². The Morgan fingerprint density at radius 2 is 2.28 bits per heavy atom. The number of rotatable bonds is 5. The lowest BCUT2D eigenvalue weighted by atomic mass is 9.89. The summed E-state index contributed by atoms with van der Waals surface area (Å²) < 4.78 is 0. The summed E-state index contributed by atoms with van der Waals surface area (Å²) in [5.74, 6) is 0.828. The molecule has 0 radical (unpaired) electrons. The van der Waals surface area contributed by atoms with E-state index in [9.17, 15) is 4.79 Å². The zero-order chi connectivity index (χ0) is 13.0. The Balaban J connectivity index is 2.15. The lowest BCUT2D eigenvalue weighted by Gasteiger charge is -2.20. The molecule has 0 bridgehead atoms. The van der Waals surface area contributed by atoms with Gasteiger partial charge in [0.2, 0.25) is 0 Å². The van der Waals surface area contributed by atoms with Gasteiger partial charge in [0.25, 0.3) is 0 Å². The highest BCUT2D eigenvalue weighted by Gasteiger charge is 2.18. The number of nitrogens with one attached hydrogen (secondary N) is 1. The molecular formula is C16H23NO. The Morgan fingerprint density at radius 3 is 3.06 bits per heavy atom. The highest BCUT2D eigenvalue weighted by atomic mass is 16.1. The van der Waals surface area contributed by atoms with Gasteiger partial charge in [-0.3, -0.25) is 4.79 Å². The van der Waals surface area contributed by atoms with E-state index in [1.54, 1.807) is 0 Å². The summed E-state index contributed by atoms with van der Waals surface area (Å²) in [5, 5.41) is 3.36. The quantitative estimate of drug-likeness (QED) is 0.806. The number of hydrogen-bond donors (Lipinski definition) is 1. The third-order valence-corrected chi connectivity index (χ3v) is 3.76. The number of Topliss-reactive ketones (excluding diaryl/α,β-unsaturated/α-hetero) is 1. The summed E-state index contributed by atoms with van der Waals surface area (Å²) in [5.41, 5.74) is 3.55. The van der Waals surface area contributed by atoms with Crippen molar-refractivity contribution in [1.29, 1.82) is 0 Å². The van der Waals surface area contributed by atoms with Gasteiger partial charge in [0, 0.05) is 18.5 Å². The highest BCUT2D eigenvalue weighted by molar-refractivity contribution is 5.98. The molecule has 18 heavy (non-hydrogen) atoms. The van der Waals surface area contributed by atoms with Crippen molar-refractivity contribution in [2.24, 2.45) is 5.92 Å². The van der Waals surface area contributed by atoms with Crippen LogP contribution in [-0.2, 0) is 13.0 Å². The highest BCUT2D eigenvalue weighted by Crippen LogP contribution is 2.22. The van der Waals surface area contributed by atoms with E-state index in [-0.39, 0.29) is 0 Å². The van der Waals surface area contributed by atoms with Crippen LogP contribution in [0, 0.1) is 5.92 Å².